The van der Waals surface area contributed by atoms with Gasteiger partial charge in [-0.25, -0.2) is 5.10 Å². The summed E-state index contributed by atoms with van der Waals surface area (Å²) in [6.45, 7) is 4.74. The number of rotatable bonds is 8. The number of pyridine rings is 1. The van der Waals surface area contributed by atoms with Gasteiger partial charge in [0.05, 0.1) is 7.11 Å². The van der Waals surface area contributed by atoms with Crippen LogP contribution in [0.5, 0.6) is 11.5 Å². The number of ether oxygens (including phenoxy) is 2. The first kappa shape index (κ1) is 21.2. The molecule has 4 rings (SSSR count). The van der Waals surface area contributed by atoms with Gasteiger partial charge < -0.3 is 9.47 Å². The average Bonchev–Trinajstić information content (AvgIpc) is 3.37. The Kier molecular flexibility index (Phi) is 6.55. The summed E-state index contributed by atoms with van der Waals surface area (Å²) in [6.07, 6.45) is 5.83. The van der Waals surface area contributed by atoms with Crippen molar-refractivity contribution in [2.24, 2.45) is 0 Å². The summed E-state index contributed by atoms with van der Waals surface area (Å²) in [5.41, 5.74) is 4.92. The zero-order valence-corrected chi connectivity index (χ0v) is 18.3. The van der Waals surface area contributed by atoms with Crippen LogP contribution in [0.3, 0.4) is 0 Å². The quantitative estimate of drug-likeness (QED) is 0.419. The molecule has 2 heterocycles. The van der Waals surface area contributed by atoms with Crippen molar-refractivity contribution in [3.63, 3.8) is 0 Å². The monoisotopic (exact) mass is 427 g/mol. The third kappa shape index (κ3) is 5.00. The van der Waals surface area contributed by atoms with Crippen molar-refractivity contribution in [1.82, 2.24) is 25.6 Å². The van der Waals surface area contributed by atoms with Gasteiger partial charge in [0.25, 0.3) is 0 Å². The molecule has 0 atom stereocenters. The molecule has 32 heavy (non-hydrogen) atoms. The molecule has 0 aliphatic carbocycles. The molecule has 4 aromatic rings. The van der Waals surface area contributed by atoms with Gasteiger partial charge in [-0.1, -0.05) is 56.3 Å². The summed E-state index contributed by atoms with van der Waals surface area (Å²) in [7, 11) is 1.66. The van der Waals surface area contributed by atoms with E-state index in [4.69, 9.17) is 9.47 Å². The SMILES string of the molecule is COc1cccc(COc2c(C(C)C)ccnc2C=Cc2ccc(-c3nnn[nH]3)cc2)c1. The van der Waals surface area contributed by atoms with Crippen molar-refractivity contribution in [2.45, 2.75) is 26.4 Å². The zero-order chi connectivity index (χ0) is 22.3. The number of nitrogens with one attached hydrogen (secondary N) is 1. The third-order valence-corrected chi connectivity index (χ3v) is 5.06. The third-order valence-electron chi connectivity index (χ3n) is 5.06. The standard InChI is InChI=1S/C25H25N5O2/c1-17(2)22-13-14-26-23(24(22)32-16-19-5-4-6-21(15-19)31-3)12-9-18-7-10-20(11-8-18)25-27-29-30-28-25/h4-15,17H,16H2,1-3H3,(H,27,28,29,30). The number of tetrazole rings is 1. The molecule has 0 saturated heterocycles. The Morgan fingerprint density at radius 1 is 1.03 bits per heavy atom. The molecular weight excluding hydrogens is 402 g/mol. The molecule has 7 nitrogen and oxygen atoms in total. The van der Waals surface area contributed by atoms with Gasteiger partial charge in [-0.2, -0.15) is 0 Å². The molecular formula is C25H25N5O2. The minimum atomic E-state index is 0.306. The largest absolute Gasteiger partial charge is 0.497 e. The summed E-state index contributed by atoms with van der Waals surface area (Å²) < 4.78 is 11.6. The predicted octanol–water partition coefficient (Wildman–Crippen LogP) is 5.14. The maximum absolute atomic E-state index is 6.28. The van der Waals surface area contributed by atoms with Crippen LogP contribution in [0.25, 0.3) is 23.5 Å². The molecule has 162 valence electrons. The molecule has 0 fully saturated rings. The normalized spacial score (nSPS) is 11.2. The molecule has 1 N–H and O–H groups in total. The van der Waals surface area contributed by atoms with E-state index >= 15 is 0 Å². The van der Waals surface area contributed by atoms with E-state index in [-0.39, 0.29) is 0 Å². The lowest BCUT2D eigenvalue weighted by Crippen LogP contribution is -2.03. The van der Waals surface area contributed by atoms with Gasteiger partial charge in [0, 0.05) is 17.3 Å². The van der Waals surface area contributed by atoms with Crippen molar-refractivity contribution in [1.29, 1.82) is 0 Å². The van der Waals surface area contributed by atoms with Crippen molar-refractivity contribution in [2.75, 3.05) is 7.11 Å². The summed E-state index contributed by atoms with van der Waals surface area (Å²) in [5, 5.41) is 13.9. The molecule has 0 bridgehead atoms. The van der Waals surface area contributed by atoms with Gasteiger partial charge >= 0.3 is 0 Å². The number of aromatic nitrogens is 5. The fourth-order valence-electron chi connectivity index (χ4n) is 3.34. The van der Waals surface area contributed by atoms with Crippen molar-refractivity contribution in [3.8, 4) is 22.9 Å². The lowest BCUT2D eigenvalue weighted by atomic mass is 10.0. The summed E-state index contributed by atoms with van der Waals surface area (Å²) >= 11 is 0. The lowest BCUT2D eigenvalue weighted by Gasteiger charge is -2.16. The number of nitrogens with zero attached hydrogens (tertiary/aromatic N) is 4. The van der Waals surface area contributed by atoms with Crippen molar-refractivity contribution in [3.05, 3.63) is 83.2 Å². The van der Waals surface area contributed by atoms with Crippen LogP contribution in [0.4, 0.5) is 0 Å². The Morgan fingerprint density at radius 3 is 2.59 bits per heavy atom. The van der Waals surface area contributed by atoms with E-state index in [0.29, 0.717) is 18.3 Å². The molecule has 0 aliphatic heterocycles. The fourth-order valence-corrected chi connectivity index (χ4v) is 3.34. The highest BCUT2D eigenvalue weighted by atomic mass is 16.5. The van der Waals surface area contributed by atoms with Crippen LogP contribution >= 0.6 is 0 Å². The first-order valence-corrected chi connectivity index (χ1v) is 10.4. The molecule has 0 radical (unpaired) electrons. The van der Waals surface area contributed by atoms with E-state index in [0.717, 1.165) is 39.4 Å². The average molecular weight is 428 g/mol. The number of methoxy groups -OCH3 is 1. The van der Waals surface area contributed by atoms with Crippen LogP contribution < -0.4 is 9.47 Å². The predicted molar refractivity (Wildman–Crippen MR) is 124 cm³/mol. The Hall–Kier alpha value is -4.00. The lowest BCUT2D eigenvalue weighted by molar-refractivity contribution is 0.299. The summed E-state index contributed by atoms with van der Waals surface area (Å²) in [4.78, 5) is 4.57. The fraction of sp³-hybridized carbons (Fsp3) is 0.200. The maximum Gasteiger partial charge on any atom is 0.179 e. The first-order chi connectivity index (χ1) is 15.6. The second kappa shape index (κ2) is 9.87. The number of H-pyrrole nitrogens is 1. The van der Waals surface area contributed by atoms with Crippen LogP contribution in [0.15, 0.2) is 60.8 Å². The number of aromatic amines is 1. The van der Waals surface area contributed by atoms with Crippen LogP contribution in [0, 0.1) is 0 Å². The second-order valence-corrected chi connectivity index (χ2v) is 7.61. The van der Waals surface area contributed by atoms with Crippen LogP contribution in [0.2, 0.25) is 0 Å². The second-order valence-electron chi connectivity index (χ2n) is 7.61. The summed E-state index contributed by atoms with van der Waals surface area (Å²) in [6, 6.07) is 17.9. The molecule has 0 aliphatic rings. The summed E-state index contributed by atoms with van der Waals surface area (Å²) in [5.74, 6) is 2.55. The zero-order valence-electron chi connectivity index (χ0n) is 18.3. The van der Waals surface area contributed by atoms with Gasteiger partial charge in [-0.05, 0) is 51.7 Å². The Bertz CT molecular complexity index is 1190. The van der Waals surface area contributed by atoms with E-state index < -0.39 is 0 Å². The highest BCUT2D eigenvalue weighted by molar-refractivity contribution is 5.72. The smallest absolute Gasteiger partial charge is 0.179 e. The van der Waals surface area contributed by atoms with E-state index in [9.17, 15) is 0 Å². The van der Waals surface area contributed by atoms with Gasteiger partial charge in [0.1, 0.15) is 23.8 Å². The number of hydrogen-bond acceptors (Lipinski definition) is 6. The van der Waals surface area contributed by atoms with Gasteiger partial charge in [-0.15, -0.1) is 5.10 Å². The first-order valence-electron chi connectivity index (χ1n) is 10.4. The molecule has 0 amide bonds. The van der Waals surface area contributed by atoms with Crippen molar-refractivity contribution < 1.29 is 9.47 Å². The maximum atomic E-state index is 6.28. The minimum absolute atomic E-state index is 0.306. The highest BCUT2D eigenvalue weighted by Crippen LogP contribution is 2.31. The molecule has 7 heteroatoms. The van der Waals surface area contributed by atoms with E-state index in [1.165, 1.54) is 0 Å². The van der Waals surface area contributed by atoms with E-state index in [2.05, 4.69) is 39.5 Å². The number of benzene rings is 2. The molecule has 2 aromatic carbocycles. The molecule has 0 saturated carbocycles. The van der Waals surface area contributed by atoms with Crippen LogP contribution in [-0.2, 0) is 6.61 Å². The Labute approximate surface area is 187 Å². The minimum Gasteiger partial charge on any atom is -0.497 e. The molecule has 2 aromatic heterocycles. The molecule has 0 spiro atoms. The number of hydrogen-bond donors (Lipinski definition) is 1. The van der Waals surface area contributed by atoms with Crippen LogP contribution in [-0.4, -0.2) is 32.7 Å². The van der Waals surface area contributed by atoms with E-state index in [1.54, 1.807) is 7.11 Å². The van der Waals surface area contributed by atoms with Gasteiger partial charge in [-0.3, -0.25) is 4.98 Å². The van der Waals surface area contributed by atoms with Crippen molar-refractivity contribution >= 4 is 12.2 Å². The topological polar surface area (TPSA) is 85.8 Å². The molecule has 0 unspecified atom stereocenters. The Balaban J connectivity index is 1.57. The highest BCUT2D eigenvalue weighted by Gasteiger charge is 2.13. The van der Waals surface area contributed by atoms with Crippen LogP contribution in [0.1, 0.15) is 42.1 Å². The van der Waals surface area contributed by atoms with E-state index in [1.807, 2.05) is 72.9 Å². The van der Waals surface area contributed by atoms with Gasteiger partial charge in [0.15, 0.2) is 5.82 Å². The van der Waals surface area contributed by atoms with Gasteiger partial charge in [0.2, 0.25) is 0 Å². The Morgan fingerprint density at radius 2 is 1.88 bits per heavy atom.